The van der Waals surface area contributed by atoms with E-state index in [9.17, 15) is 19.7 Å². The van der Waals surface area contributed by atoms with E-state index in [0.717, 1.165) is 12.8 Å². The Balaban J connectivity index is 1.93. The first-order valence-corrected chi connectivity index (χ1v) is 9.26. The van der Waals surface area contributed by atoms with E-state index >= 15 is 0 Å². The molecule has 140 valence electrons. The number of rotatable bonds is 7. The Kier molecular flexibility index (Phi) is 5.60. The van der Waals surface area contributed by atoms with E-state index in [0.29, 0.717) is 28.0 Å². The SMILES string of the molecule is CCCCOC(=O)Cn1cnc2scc(-c3ccc([N+](=O)[O-])cc3)c2c1=O. The van der Waals surface area contributed by atoms with Gasteiger partial charge in [0.05, 0.1) is 23.2 Å². The molecule has 0 amide bonds. The van der Waals surface area contributed by atoms with Crippen LogP contribution in [0.2, 0.25) is 0 Å². The fraction of sp³-hybridized carbons (Fsp3) is 0.278. The Morgan fingerprint density at radius 1 is 1.33 bits per heavy atom. The molecule has 0 atom stereocenters. The van der Waals surface area contributed by atoms with E-state index in [-0.39, 0.29) is 17.8 Å². The zero-order valence-corrected chi connectivity index (χ0v) is 15.4. The molecule has 0 bridgehead atoms. The van der Waals surface area contributed by atoms with Crippen molar-refractivity contribution in [2.24, 2.45) is 0 Å². The molecule has 0 N–H and O–H groups in total. The molecule has 0 saturated carbocycles. The standard InChI is InChI=1S/C18H17N3O5S/c1-2-3-8-26-15(22)9-20-11-19-17-16(18(20)23)14(10-27-17)12-4-6-13(7-5-12)21(24)25/h4-7,10-11H,2-3,8-9H2,1H3. The van der Waals surface area contributed by atoms with E-state index in [4.69, 9.17) is 4.74 Å². The van der Waals surface area contributed by atoms with Crippen molar-refractivity contribution < 1.29 is 14.5 Å². The van der Waals surface area contributed by atoms with Crippen LogP contribution in [0.1, 0.15) is 19.8 Å². The van der Waals surface area contributed by atoms with Gasteiger partial charge in [0.2, 0.25) is 0 Å². The summed E-state index contributed by atoms with van der Waals surface area (Å²) in [6, 6.07) is 5.96. The number of hydrogen-bond acceptors (Lipinski definition) is 7. The highest BCUT2D eigenvalue weighted by molar-refractivity contribution is 7.17. The van der Waals surface area contributed by atoms with E-state index in [1.54, 1.807) is 17.5 Å². The average Bonchev–Trinajstić information content (AvgIpc) is 3.09. The predicted molar refractivity (Wildman–Crippen MR) is 102 cm³/mol. The van der Waals surface area contributed by atoms with Gasteiger partial charge in [0.15, 0.2) is 0 Å². The third-order valence-corrected chi connectivity index (χ3v) is 4.90. The Hall–Kier alpha value is -3.07. The van der Waals surface area contributed by atoms with Crippen LogP contribution in [0.25, 0.3) is 21.3 Å². The van der Waals surface area contributed by atoms with Gasteiger partial charge >= 0.3 is 5.97 Å². The van der Waals surface area contributed by atoms with Gasteiger partial charge in [-0.1, -0.05) is 13.3 Å². The summed E-state index contributed by atoms with van der Waals surface area (Å²) < 4.78 is 6.32. The molecule has 3 rings (SSSR count). The van der Waals surface area contributed by atoms with Gasteiger partial charge in [0, 0.05) is 23.1 Å². The van der Waals surface area contributed by atoms with Gasteiger partial charge in [0.1, 0.15) is 11.4 Å². The van der Waals surface area contributed by atoms with Crippen molar-refractivity contribution in [2.75, 3.05) is 6.61 Å². The van der Waals surface area contributed by atoms with Crippen LogP contribution in [0.15, 0.2) is 40.8 Å². The number of non-ortho nitro benzene ring substituents is 1. The summed E-state index contributed by atoms with van der Waals surface area (Å²) in [5.41, 5.74) is 0.941. The number of carbonyl (C=O) groups is 1. The maximum absolute atomic E-state index is 12.8. The molecule has 0 saturated heterocycles. The predicted octanol–water partition coefficient (Wildman–Crippen LogP) is 3.38. The Morgan fingerprint density at radius 2 is 2.07 bits per heavy atom. The lowest BCUT2D eigenvalue weighted by Crippen LogP contribution is -2.25. The summed E-state index contributed by atoms with van der Waals surface area (Å²) in [5.74, 6) is -0.487. The third-order valence-electron chi connectivity index (χ3n) is 4.01. The second-order valence-electron chi connectivity index (χ2n) is 5.89. The van der Waals surface area contributed by atoms with Crippen LogP contribution in [0.4, 0.5) is 5.69 Å². The Labute approximate surface area is 158 Å². The van der Waals surface area contributed by atoms with Gasteiger partial charge in [0.25, 0.3) is 11.2 Å². The van der Waals surface area contributed by atoms with Crippen LogP contribution in [0.5, 0.6) is 0 Å². The summed E-state index contributed by atoms with van der Waals surface area (Å²) in [5, 5.41) is 13.0. The molecule has 9 heteroatoms. The number of ether oxygens (including phenoxy) is 1. The molecular formula is C18H17N3O5S. The molecule has 3 aromatic rings. The normalized spacial score (nSPS) is 10.9. The number of fused-ring (bicyclic) bond motifs is 1. The number of thiophene rings is 1. The minimum atomic E-state index is -0.487. The maximum Gasteiger partial charge on any atom is 0.326 e. The van der Waals surface area contributed by atoms with Crippen LogP contribution in [0, 0.1) is 10.1 Å². The van der Waals surface area contributed by atoms with Crippen LogP contribution in [-0.4, -0.2) is 27.1 Å². The molecule has 8 nitrogen and oxygen atoms in total. The monoisotopic (exact) mass is 387 g/mol. The first-order chi connectivity index (χ1) is 13.0. The van der Waals surface area contributed by atoms with Crippen molar-refractivity contribution in [3.8, 4) is 11.1 Å². The maximum atomic E-state index is 12.8. The molecule has 0 aliphatic carbocycles. The first-order valence-electron chi connectivity index (χ1n) is 8.38. The van der Waals surface area contributed by atoms with Crippen LogP contribution < -0.4 is 5.56 Å². The summed E-state index contributed by atoms with van der Waals surface area (Å²) in [4.78, 5) is 39.9. The van der Waals surface area contributed by atoms with Crippen LogP contribution in [-0.2, 0) is 16.1 Å². The average molecular weight is 387 g/mol. The lowest BCUT2D eigenvalue weighted by molar-refractivity contribution is -0.384. The number of nitro groups is 1. The fourth-order valence-corrected chi connectivity index (χ4v) is 3.48. The highest BCUT2D eigenvalue weighted by atomic mass is 32.1. The molecule has 2 aromatic heterocycles. The van der Waals surface area contributed by atoms with Gasteiger partial charge in [-0.3, -0.25) is 24.3 Å². The lowest BCUT2D eigenvalue weighted by atomic mass is 10.1. The number of hydrogen-bond donors (Lipinski definition) is 0. The van der Waals surface area contributed by atoms with Crippen molar-refractivity contribution in [3.05, 3.63) is 56.4 Å². The minimum absolute atomic E-state index is 0.0244. The van der Waals surface area contributed by atoms with E-state index < -0.39 is 10.9 Å². The lowest BCUT2D eigenvalue weighted by Gasteiger charge is -2.07. The van der Waals surface area contributed by atoms with Gasteiger partial charge in [-0.2, -0.15) is 0 Å². The summed E-state index contributed by atoms with van der Waals surface area (Å²) >= 11 is 1.30. The van der Waals surface area contributed by atoms with Gasteiger partial charge in [-0.15, -0.1) is 11.3 Å². The number of nitro benzene ring substituents is 1. The number of nitrogens with zero attached hydrogens (tertiary/aromatic N) is 3. The highest BCUT2D eigenvalue weighted by Gasteiger charge is 2.16. The van der Waals surface area contributed by atoms with Crippen LogP contribution in [0.3, 0.4) is 0 Å². The highest BCUT2D eigenvalue weighted by Crippen LogP contribution is 2.31. The number of esters is 1. The zero-order valence-electron chi connectivity index (χ0n) is 14.6. The van der Waals surface area contributed by atoms with Gasteiger partial charge in [-0.05, 0) is 24.1 Å². The largest absolute Gasteiger partial charge is 0.464 e. The number of carbonyl (C=O) groups excluding carboxylic acids is 1. The fourth-order valence-electron chi connectivity index (χ4n) is 2.57. The number of aromatic nitrogens is 2. The quantitative estimate of drug-likeness (QED) is 0.266. The number of benzene rings is 1. The molecule has 2 heterocycles. The van der Waals surface area contributed by atoms with Crippen molar-refractivity contribution in [2.45, 2.75) is 26.3 Å². The summed E-state index contributed by atoms with van der Waals surface area (Å²) in [6.45, 7) is 2.11. The van der Waals surface area contributed by atoms with Gasteiger partial charge < -0.3 is 4.74 Å². The molecule has 0 fully saturated rings. The smallest absolute Gasteiger partial charge is 0.326 e. The van der Waals surface area contributed by atoms with Gasteiger partial charge in [-0.25, -0.2) is 4.98 Å². The van der Waals surface area contributed by atoms with Crippen molar-refractivity contribution in [3.63, 3.8) is 0 Å². The van der Waals surface area contributed by atoms with Crippen molar-refractivity contribution in [1.82, 2.24) is 9.55 Å². The molecule has 0 unspecified atom stereocenters. The van der Waals surface area contributed by atoms with E-state index in [1.165, 1.54) is 34.4 Å². The minimum Gasteiger partial charge on any atom is -0.464 e. The van der Waals surface area contributed by atoms with Crippen molar-refractivity contribution in [1.29, 1.82) is 0 Å². The van der Waals surface area contributed by atoms with Crippen molar-refractivity contribution >= 4 is 33.2 Å². The second-order valence-corrected chi connectivity index (χ2v) is 6.74. The van der Waals surface area contributed by atoms with Crippen LogP contribution >= 0.6 is 11.3 Å². The topological polar surface area (TPSA) is 104 Å². The van der Waals surface area contributed by atoms with E-state index in [1.807, 2.05) is 6.92 Å². The second kappa shape index (κ2) is 8.09. The molecule has 0 aliphatic heterocycles. The summed E-state index contributed by atoms with van der Waals surface area (Å²) in [7, 11) is 0. The Morgan fingerprint density at radius 3 is 2.74 bits per heavy atom. The molecule has 0 spiro atoms. The molecular weight excluding hydrogens is 370 g/mol. The molecule has 1 aromatic carbocycles. The molecule has 0 aliphatic rings. The Bertz CT molecular complexity index is 1040. The third kappa shape index (κ3) is 4.03. The van der Waals surface area contributed by atoms with E-state index in [2.05, 4.69) is 4.98 Å². The first kappa shape index (κ1) is 18.7. The molecule has 0 radical (unpaired) electrons. The number of unbranched alkanes of at least 4 members (excludes halogenated alkanes) is 1. The molecule has 27 heavy (non-hydrogen) atoms. The summed E-state index contributed by atoms with van der Waals surface area (Å²) in [6.07, 6.45) is 3.02. The zero-order chi connectivity index (χ0) is 19.4.